The van der Waals surface area contributed by atoms with Gasteiger partial charge in [0.15, 0.2) is 5.13 Å². The number of ether oxygens (including phenoxy) is 1. The van der Waals surface area contributed by atoms with E-state index in [1.807, 2.05) is 12.1 Å². The second-order valence-corrected chi connectivity index (χ2v) is 7.85. The Hall–Kier alpha value is -1.50. The van der Waals surface area contributed by atoms with Crippen LogP contribution in [0.2, 0.25) is 0 Å². The van der Waals surface area contributed by atoms with Gasteiger partial charge in [-0.15, -0.1) is 11.3 Å². The summed E-state index contributed by atoms with van der Waals surface area (Å²) in [5.41, 5.74) is 2.21. The Bertz CT molecular complexity index is 729. The number of likely N-dealkylation sites (tertiary alicyclic amines) is 1. The molecule has 2 fully saturated rings. The SMILES string of the molecule is Cc1nc(N2CCOCC2)sc1CN1CCC[C@@H]1c1cccc(F)c1. The lowest BCUT2D eigenvalue weighted by Gasteiger charge is -2.26. The molecule has 0 unspecified atom stereocenters. The van der Waals surface area contributed by atoms with Crippen LogP contribution in [0.4, 0.5) is 9.52 Å². The van der Waals surface area contributed by atoms with E-state index in [4.69, 9.17) is 9.72 Å². The summed E-state index contributed by atoms with van der Waals surface area (Å²) in [6.45, 7) is 7.46. The van der Waals surface area contributed by atoms with Crippen molar-refractivity contribution in [2.75, 3.05) is 37.7 Å². The summed E-state index contributed by atoms with van der Waals surface area (Å²) in [7, 11) is 0. The minimum Gasteiger partial charge on any atom is -0.378 e. The lowest BCUT2D eigenvalue weighted by Crippen LogP contribution is -2.36. The summed E-state index contributed by atoms with van der Waals surface area (Å²) < 4.78 is 19.0. The highest BCUT2D eigenvalue weighted by atomic mass is 32.1. The fourth-order valence-corrected chi connectivity index (χ4v) is 4.88. The van der Waals surface area contributed by atoms with Gasteiger partial charge in [-0.1, -0.05) is 12.1 Å². The van der Waals surface area contributed by atoms with Crippen molar-refractivity contribution < 1.29 is 9.13 Å². The number of nitrogens with zero attached hydrogens (tertiary/aromatic N) is 3. The first-order valence-corrected chi connectivity index (χ1v) is 9.81. The highest BCUT2D eigenvalue weighted by Crippen LogP contribution is 2.36. The Balaban J connectivity index is 1.50. The smallest absolute Gasteiger partial charge is 0.185 e. The van der Waals surface area contributed by atoms with Crippen LogP contribution < -0.4 is 4.90 Å². The van der Waals surface area contributed by atoms with Gasteiger partial charge in [-0.05, 0) is 44.0 Å². The molecular formula is C19H24FN3OS. The summed E-state index contributed by atoms with van der Waals surface area (Å²) in [4.78, 5) is 10.9. The van der Waals surface area contributed by atoms with Gasteiger partial charge in [0.1, 0.15) is 5.82 Å². The van der Waals surface area contributed by atoms with Gasteiger partial charge in [-0.3, -0.25) is 4.90 Å². The summed E-state index contributed by atoms with van der Waals surface area (Å²) >= 11 is 1.80. The molecule has 134 valence electrons. The van der Waals surface area contributed by atoms with Crippen LogP contribution >= 0.6 is 11.3 Å². The van der Waals surface area contributed by atoms with Crippen LogP contribution in [-0.4, -0.2) is 42.7 Å². The Morgan fingerprint density at radius 1 is 1.28 bits per heavy atom. The topological polar surface area (TPSA) is 28.6 Å². The standard InChI is InChI=1S/C19H24FN3OS/c1-14-18(25-19(21-14)22-8-10-24-11-9-22)13-23-7-3-6-17(23)15-4-2-5-16(20)12-15/h2,4-5,12,17H,3,6-11,13H2,1H3/t17-/m1/s1. The van der Waals surface area contributed by atoms with Gasteiger partial charge in [0.2, 0.25) is 0 Å². The van der Waals surface area contributed by atoms with Crippen LogP contribution in [0.1, 0.15) is 35.0 Å². The van der Waals surface area contributed by atoms with E-state index in [9.17, 15) is 4.39 Å². The molecule has 2 saturated heterocycles. The third kappa shape index (κ3) is 3.71. The number of aryl methyl sites for hydroxylation is 1. The molecule has 25 heavy (non-hydrogen) atoms. The van der Waals surface area contributed by atoms with Crippen molar-refractivity contribution in [1.29, 1.82) is 0 Å². The van der Waals surface area contributed by atoms with Crippen molar-refractivity contribution in [1.82, 2.24) is 9.88 Å². The second-order valence-electron chi connectivity index (χ2n) is 6.79. The number of halogens is 1. The summed E-state index contributed by atoms with van der Waals surface area (Å²) in [6.07, 6.45) is 2.26. The highest BCUT2D eigenvalue weighted by molar-refractivity contribution is 7.15. The minimum atomic E-state index is -0.145. The molecule has 2 aliphatic heterocycles. The predicted molar refractivity (Wildman–Crippen MR) is 98.7 cm³/mol. The molecule has 0 spiro atoms. The quantitative estimate of drug-likeness (QED) is 0.829. The van der Waals surface area contributed by atoms with E-state index in [0.29, 0.717) is 6.04 Å². The van der Waals surface area contributed by atoms with Crippen molar-refractivity contribution >= 4 is 16.5 Å². The van der Waals surface area contributed by atoms with Gasteiger partial charge in [0.05, 0.1) is 18.9 Å². The van der Waals surface area contributed by atoms with E-state index in [2.05, 4.69) is 16.7 Å². The predicted octanol–water partition coefficient (Wildman–Crippen LogP) is 3.76. The Morgan fingerprint density at radius 3 is 2.92 bits per heavy atom. The monoisotopic (exact) mass is 361 g/mol. The Kier molecular flexibility index (Phi) is 5.01. The maximum atomic E-state index is 13.6. The molecule has 1 atom stereocenters. The van der Waals surface area contributed by atoms with Crippen molar-refractivity contribution in [2.24, 2.45) is 0 Å². The van der Waals surface area contributed by atoms with E-state index in [0.717, 1.165) is 68.6 Å². The largest absolute Gasteiger partial charge is 0.378 e. The van der Waals surface area contributed by atoms with Crippen LogP contribution in [-0.2, 0) is 11.3 Å². The average molecular weight is 361 g/mol. The molecule has 4 rings (SSSR count). The van der Waals surface area contributed by atoms with Crippen molar-refractivity contribution in [3.63, 3.8) is 0 Å². The number of benzene rings is 1. The molecule has 0 amide bonds. The third-order valence-corrected chi connectivity index (χ3v) is 6.31. The van der Waals surface area contributed by atoms with Crippen LogP contribution in [0.3, 0.4) is 0 Å². The zero-order chi connectivity index (χ0) is 17.2. The normalized spacial score (nSPS) is 21.8. The molecule has 1 aromatic heterocycles. The van der Waals surface area contributed by atoms with E-state index in [1.54, 1.807) is 17.4 Å². The van der Waals surface area contributed by atoms with E-state index in [-0.39, 0.29) is 5.82 Å². The molecule has 3 heterocycles. The summed E-state index contributed by atoms with van der Waals surface area (Å²) in [6, 6.07) is 7.37. The average Bonchev–Trinajstić information content (AvgIpc) is 3.23. The van der Waals surface area contributed by atoms with Crippen LogP contribution in [0.25, 0.3) is 0 Å². The van der Waals surface area contributed by atoms with Gasteiger partial charge < -0.3 is 9.64 Å². The van der Waals surface area contributed by atoms with Crippen molar-refractivity contribution in [3.8, 4) is 0 Å². The number of anilines is 1. The molecule has 1 aromatic carbocycles. The molecule has 0 radical (unpaired) electrons. The van der Waals surface area contributed by atoms with E-state index in [1.165, 1.54) is 10.9 Å². The molecule has 6 heteroatoms. The molecule has 2 aliphatic rings. The number of morpholine rings is 1. The number of aromatic nitrogens is 1. The number of hydrogen-bond donors (Lipinski definition) is 0. The van der Waals surface area contributed by atoms with Crippen LogP contribution in [0, 0.1) is 12.7 Å². The number of hydrogen-bond acceptors (Lipinski definition) is 5. The van der Waals surface area contributed by atoms with Gasteiger partial charge in [0, 0.05) is 30.6 Å². The van der Waals surface area contributed by atoms with Crippen LogP contribution in [0.15, 0.2) is 24.3 Å². The molecular weight excluding hydrogens is 337 g/mol. The number of thiazole rings is 1. The summed E-state index contributed by atoms with van der Waals surface area (Å²) in [5.74, 6) is -0.145. The molecule has 0 N–H and O–H groups in total. The van der Waals surface area contributed by atoms with Crippen molar-refractivity contribution in [3.05, 3.63) is 46.2 Å². The number of rotatable bonds is 4. The first kappa shape index (κ1) is 16.9. The molecule has 2 aromatic rings. The molecule has 0 saturated carbocycles. The first-order chi connectivity index (χ1) is 12.2. The fraction of sp³-hybridized carbons (Fsp3) is 0.526. The Morgan fingerprint density at radius 2 is 2.12 bits per heavy atom. The lowest BCUT2D eigenvalue weighted by atomic mass is 10.0. The first-order valence-electron chi connectivity index (χ1n) is 8.99. The lowest BCUT2D eigenvalue weighted by molar-refractivity contribution is 0.122. The molecule has 4 nitrogen and oxygen atoms in total. The zero-order valence-corrected chi connectivity index (χ0v) is 15.4. The van der Waals surface area contributed by atoms with Gasteiger partial charge in [0.25, 0.3) is 0 Å². The van der Waals surface area contributed by atoms with Crippen molar-refractivity contribution in [2.45, 2.75) is 32.4 Å². The van der Waals surface area contributed by atoms with Crippen LogP contribution in [0.5, 0.6) is 0 Å². The maximum absolute atomic E-state index is 13.6. The fourth-order valence-electron chi connectivity index (χ4n) is 3.74. The van der Waals surface area contributed by atoms with Gasteiger partial charge >= 0.3 is 0 Å². The Labute approximate surface area is 152 Å². The second kappa shape index (κ2) is 7.40. The highest BCUT2D eigenvalue weighted by Gasteiger charge is 2.28. The van der Waals surface area contributed by atoms with E-state index >= 15 is 0 Å². The molecule has 0 bridgehead atoms. The third-order valence-electron chi connectivity index (χ3n) is 5.11. The van der Waals surface area contributed by atoms with Gasteiger partial charge in [-0.2, -0.15) is 0 Å². The van der Waals surface area contributed by atoms with E-state index < -0.39 is 0 Å². The summed E-state index contributed by atoms with van der Waals surface area (Å²) in [5, 5.41) is 1.11. The zero-order valence-electron chi connectivity index (χ0n) is 14.6. The molecule has 0 aliphatic carbocycles. The minimum absolute atomic E-state index is 0.145. The van der Waals surface area contributed by atoms with Gasteiger partial charge in [-0.25, -0.2) is 9.37 Å². The maximum Gasteiger partial charge on any atom is 0.185 e.